The molecule has 316 valence electrons. The predicted molar refractivity (Wildman–Crippen MR) is 182 cm³/mol. The minimum Gasteiger partial charge on any atom is -0.432 e. The molecule has 0 radical (unpaired) electrons. The second-order valence-corrected chi connectivity index (χ2v) is 17.9. The van der Waals surface area contributed by atoms with Gasteiger partial charge in [0.2, 0.25) is 6.29 Å². The molecule has 11 N–H and O–H groups in total. The number of hydrogen-bond acceptors (Lipinski definition) is 18. The number of carbonyl (C=O) groups excluding carboxylic acids is 1. The zero-order valence-electron chi connectivity index (χ0n) is 31.3. The highest BCUT2D eigenvalue weighted by molar-refractivity contribution is 5.77. The largest absolute Gasteiger partial charge is 0.432 e. The van der Waals surface area contributed by atoms with Crippen LogP contribution in [0.1, 0.15) is 78.1 Å². The van der Waals surface area contributed by atoms with Crippen molar-refractivity contribution in [1.82, 2.24) is 0 Å². The Morgan fingerprint density at radius 3 is 1.76 bits per heavy atom. The van der Waals surface area contributed by atoms with Crippen molar-refractivity contribution in [2.75, 3.05) is 19.8 Å². The first-order valence-electron chi connectivity index (χ1n) is 19.8. The molecule has 4 aliphatic carbocycles. The third-order valence-electron chi connectivity index (χ3n) is 15.0. The zero-order valence-corrected chi connectivity index (χ0v) is 31.3. The topological polar surface area (TPSA) is 295 Å². The van der Waals surface area contributed by atoms with E-state index in [0.29, 0.717) is 32.1 Å². The fraction of sp³-hybridized carbons (Fsp3) is 0.973. The third kappa shape index (κ3) is 6.88. The lowest BCUT2D eigenvalue weighted by atomic mass is 9.41. The van der Waals surface area contributed by atoms with Crippen LogP contribution in [-0.2, 0) is 33.2 Å². The second kappa shape index (κ2) is 15.5. The number of fused-ring (bicyclic) bond motifs is 3. The van der Waals surface area contributed by atoms with E-state index in [1.165, 1.54) is 0 Å². The van der Waals surface area contributed by atoms with Gasteiger partial charge in [-0.25, -0.2) is 0 Å². The van der Waals surface area contributed by atoms with Gasteiger partial charge in [0.25, 0.3) is 0 Å². The van der Waals surface area contributed by atoms with E-state index in [2.05, 4.69) is 6.92 Å². The predicted octanol–water partition coefficient (Wildman–Crippen LogP) is -3.10. The highest BCUT2D eigenvalue weighted by Gasteiger charge is 2.68. The molecule has 18 nitrogen and oxygen atoms in total. The summed E-state index contributed by atoms with van der Waals surface area (Å²) in [7, 11) is 0. The van der Waals surface area contributed by atoms with Crippen molar-refractivity contribution in [2.24, 2.45) is 28.1 Å². The molecule has 2 bridgehead atoms. The van der Waals surface area contributed by atoms with Crippen LogP contribution in [0.25, 0.3) is 0 Å². The van der Waals surface area contributed by atoms with Crippen molar-refractivity contribution in [3.05, 3.63) is 0 Å². The summed E-state index contributed by atoms with van der Waals surface area (Å²) in [6, 6.07) is 0. The van der Waals surface area contributed by atoms with Gasteiger partial charge in [0.05, 0.1) is 30.8 Å². The number of aliphatic hydroxyl groups excluding tert-OH is 11. The molecule has 4 saturated carbocycles. The van der Waals surface area contributed by atoms with Gasteiger partial charge in [-0.2, -0.15) is 0 Å². The van der Waals surface area contributed by atoms with E-state index in [-0.39, 0.29) is 22.7 Å². The maximum atomic E-state index is 14.1. The highest BCUT2D eigenvalue weighted by Crippen LogP contribution is 2.73. The summed E-state index contributed by atoms with van der Waals surface area (Å²) < 4.78 is 35.5. The Bertz CT molecular complexity index is 1370. The summed E-state index contributed by atoms with van der Waals surface area (Å²) >= 11 is 0. The standard InChI is InChI=1S/C37H60O18/c1-34-6-3-7-35(2,33(49)54-31-28(48)25(45)22(42)17(13-39)51-31)19(34)4-8-36-10-11-37(15-36,9-5-20(34)36)55-32-29(26(46)23(43)18(14-40)52-32)53-30-27(47)24(44)21(41)16(12-38)50-30/h16-32,38-48H,3-15H2,1-2H3/t16?,17?,18?,19?,20?,21?,22?,23?,24?,25?,26?,27?,28?,29?,30?,31?,32?,34-,35-,36-,37-/m1/s1. The molecule has 55 heavy (non-hydrogen) atoms. The van der Waals surface area contributed by atoms with Gasteiger partial charge in [-0.15, -0.1) is 0 Å². The van der Waals surface area contributed by atoms with Crippen molar-refractivity contribution in [3.63, 3.8) is 0 Å². The number of carbonyl (C=O) groups is 1. The van der Waals surface area contributed by atoms with Crippen LogP contribution in [0.5, 0.6) is 0 Å². The van der Waals surface area contributed by atoms with Crippen LogP contribution in [0.4, 0.5) is 0 Å². The maximum absolute atomic E-state index is 14.1. The third-order valence-corrected chi connectivity index (χ3v) is 15.0. The molecule has 7 aliphatic rings. The summed E-state index contributed by atoms with van der Waals surface area (Å²) in [5.74, 6) is -0.456. The first-order chi connectivity index (χ1) is 26.0. The zero-order chi connectivity index (χ0) is 39.8. The molecule has 1 spiro atoms. The normalized spacial score (nSPS) is 55.3. The summed E-state index contributed by atoms with van der Waals surface area (Å²) in [5.41, 5.74) is -2.14. The van der Waals surface area contributed by atoms with Gasteiger partial charge in [0, 0.05) is 0 Å². The summed E-state index contributed by atoms with van der Waals surface area (Å²) in [6.07, 6.45) is -16.1. The van der Waals surface area contributed by atoms with Crippen molar-refractivity contribution < 1.29 is 89.4 Å². The quantitative estimate of drug-likeness (QED) is 0.0814. The Morgan fingerprint density at radius 2 is 1.15 bits per heavy atom. The van der Waals surface area contributed by atoms with E-state index in [1.54, 1.807) is 0 Å². The SMILES string of the molecule is C[C@@]12CCC[C@@](C)(C(=O)OC3OC(CO)C(O)C(O)C3O)C1CC[C@]13CC[C@](OC4OC(CO)C(O)C(O)C4OC4OC(CO)C(O)C(O)C4O)(CCC12)C3. The van der Waals surface area contributed by atoms with Crippen molar-refractivity contribution >= 4 is 5.97 Å². The van der Waals surface area contributed by atoms with Crippen LogP contribution in [-0.4, -0.2) is 180 Å². The Labute approximate surface area is 318 Å². The van der Waals surface area contributed by atoms with Gasteiger partial charge in [0.15, 0.2) is 12.6 Å². The number of esters is 1. The molecular formula is C37H60O18. The molecule has 0 amide bonds. The Balaban J connectivity index is 1.08. The molecule has 0 aromatic rings. The first kappa shape index (κ1) is 42.0. The summed E-state index contributed by atoms with van der Waals surface area (Å²) in [6.45, 7) is 2.15. The number of rotatable bonds is 9. The van der Waals surface area contributed by atoms with Crippen LogP contribution in [0.15, 0.2) is 0 Å². The first-order valence-corrected chi connectivity index (χ1v) is 19.8. The van der Waals surface area contributed by atoms with Crippen LogP contribution < -0.4 is 0 Å². The Morgan fingerprint density at radius 1 is 0.600 bits per heavy atom. The van der Waals surface area contributed by atoms with E-state index in [9.17, 15) is 61.0 Å². The highest BCUT2D eigenvalue weighted by atomic mass is 16.8. The fourth-order valence-electron chi connectivity index (χ4n) is 12.0. The smallest absolute Gasteiger partial charge is 0.314 e. The molecule has 3 aliphatic heterocycles. The number of ether oxygens (including phenoxy) is 6. The monoisotopic (exact) mass is 792 g/mol. The van der Waals surface area contributed by atoms with Gasteiger partial charge in [-0.1, -0.05) is 13.3 Å². The molecule has 3 saturated heterocycles. The molecule has 7 rings (SSSR count). The molecule has 7 fully saturated rings. The van der Waals surface area contributed by atoms with Crippen LogP contribution in [0.2, 0.25) is 0 Å². The van der Waals surface area contributed by atoms with Gasteiger partial charge < -0.3 is 84.6 Å². The molecule has 21 atom stereocenters. The van der Waals surface area contributed by atoms with Crippen molar-refractivity contribution in [3.8, 4) is 0 Å². The molecular weight excluding hydrogens is 732 g/mol. The van der Waals surface area contributed by atoms with E-state index < -0.39 is 129 Å². The maximum Gasteiger partial charge on any atom is 0.314 e. The van der Waals surface area contributed by atoms with Gasteiger partial charge in [-0.05, 0) is 87.4 Å². The molecule has 3 heterocycles. The second-order valence-electron chi connectivity index (χ2n) is 17.9. The van der Waals surface area contributed by atoms with E-state index in [4.69, 9.17) is 28.4 Å². The average molecular weight is 793 g/mol. The van der Waals surface area contributed by atoms with Gasteiger partial charge in [-0.3, -0.25) is 4.79 Å². The Kier molecular flexibility index (Phi) is 11.8. The minimum absolute atomic E-state index is 0.0873. The average Bonchev–Trinajstić information content (AvgIpc) is 3.43. The fourth-order valence-corrected chi connectivity index (χ4v) is 12.0. The van der Waals surface area contributed by atoms with Crippen LogP contribution in [0.3, 0.4) is 0 Å². The van der Waals surface area contributed by atoms with Crippen molar-refractivity contribution in [2.45, 2.75) is 176 Å². The minimum atomic E-state index is -1.78. The molecule has 0 aromatic carbocycles. The lowest BCUT2D eigenvalue weighted by Crippen LogP contribution is -2.65. The van der Waals surface area contributed by atoms with E-state index in [0.717, 1.165) is 32.1 Å². The van der Waals surface area contributed by atoms with Crippen LogP contribution >= 0.6 is 0 Å². The number of hydrogen-bond donors (Lipinski definition) is 11. The van der Waals surface area contributed by atoms with Gasteiger partial charge >= 0.3 is 5.97 Å². The van der Waals surface area contributed by atoms with Crippen LogP contribution in [0, 0.1) is 28.1 Å². The molecule has 18 heteroatoms. The number of aliphatic hydroxyl groups is 11. The summed E-state index contributed by atoms with van der Waals surface area (Å²) in [5, 5.41) is 114. The van der Waals surface area contributed by atoms with E-state index in [1.807, 2.05) is 6.92 Å². The lowest BCUT2D eigenvalue weighted by Gasteiger charge is -2.64. The Hall–Kier alpha value is -1.17. The molecule has 17 unspecified atom stereocenters. The van der Waals surface area contributed by atoms with Crippen molar-refractivity contribution in [1.29, 1.82) is 0 Å². The molecule has 0 aromatic heterocycles. The van der Waals surface area contributed by atoms with E-state index >= 15 is 0 Å². The van der Waals surface area contributed by atoms with Gasteiger partial charge in [0.1, 0.15) is 73.2 Å². The summed E-state index contributed by atoms with van der Waals surface area (Å²) in [4.78, 5) is 14.1. The lowest BCUT2D eigenvalue weighted by molar-refractivity contribution is -0.380.